The molecule has 0 bridgehead atoms. The summed E-state index contributed by atoms with van der Waals surface area (Å²) in [4.78, 5) is 0. The summed E-state index contributed by atoms with van der Waals surface area (Å²) in [5, 5.41) is 21.1. The molecule has 0 aliphatic heterocycles. The van der Waals surface area contributed by atoms with Crippen LogP contribution >= 0.6 is 0 Å². The van der Waals surface area contributed by atoms with Gasteiger partial charge in [0.2, 0.25) is 0 Å². The summed E-state index contributed by atoms with van der Waals surface area (Å²) in [5.74, 6) is 0.740. The molecule has 0 saturated heterocycles. The van der Waals surface area contributed by atoms with Gasteiger partial charge in [0, 0.05) is 6.04 Å². The van der Waals surface area contributed by atoms with E-state index in [1.165, 1.54) is 5.56 Å². The lowest BCUT2D eigenvalue weighted by Gasteiger charge is -2.15. The average molecular weight is 239 g/mol. The first-order valence-corrected chi connectivity index (χ1v) is 5.78. The third kappa shape index (κ3) is 4.00. The lowest BCUT2D eigenvalue weighted by atomic mass is 10.1. The highest BCUT2D eigenvalue weighted by Crippen LogP contribution is 2.22. The molecular weight excluding hydrogens is 218 g/mol. The van der Waals surface area contributed by atoms with E-state index in [1.807, 2.05) is 26.1 Å². The Labute approximate surface area is 102 Å². The summed E-state index contributed by atoms with van der Waals surface area (Å²) in [6.45, 7) is 3.88. The highest BCUT2D eigenvalue weighted by atomic mass is 16.5. The number of aryl methyl sites for hydroxylation is 1. The molecule has 0 spiro atoms. The van der Waals surface area contributed by atoms with Crippen molar-refractivity contribution in [2.24, 2.45) is 0 Å². The number of rotatable bonds is 6. The van der Waals surface area contributed by atoms with Gasteiger partial charge in [0.1, 0.15) is 18.5 Å². The number of ether oxygens (including phenoxy) is 1. The molecule has 96 valence electrons. The molecule has 0 fully saturated rings. The molecule has 4 nitrogen and oxygen atoms in total. The van der Waals surface area contributed by atoms with Crippen molar-refractivity contribution in [2.45, 2.75) is 26.0 Å². The standard InChI is InChI=1S/C13H21NO3/c1-9-6-11(10(2)14-3)4-5-13(9)17-8-12(16)7-15/h4-6,10,12,14-16H,7-8H2,1-3H3. The minimum Gasteiger partial charge on any atom is -0.491 e. The van der Waals surface area contributed by atoms with Crippen LogP contribution in [0.5, 0.6) is 5.75 Å². The lowest BCUT2D eigenvalue weighted by Crippen LogP contribution is -2.21. The molecule has 0 amide bonds. The molecule has 4 heteroatoms. The zero-order valence-corrected chi connectivity index (χ0v) is 10.6. The molecule has 2 atom stereocenters. The van der Waals surface area contributed by atoms with Gasteiger partial charge in [-0.25, -0.2) is 0 Å². The molecule has 17 heavy (non-hydrogen) atoms. The van der Waals surface area contributed by atoms with Crippen molar-refractivity contribution in [3.05, 3.63) is 29.3 Å². The minimum atomic E-state index is -0.828. The van der Waals surface area contributed by atoms with Crippen LogP contribution < -0.4 is 10.1 Å². The van der Waals surface area contributed by atoms with Crippen molar-refractivity contribution in [3.8, 4) is 5.75 Å². The van der Waals surface area contributed by atoms with E-state index in [9.17, 15) is 5.11 Å². The Morgan fingerprint density at radius 2 is 2.12 bits per heavy atom. The summed E-state index contributed by atoms with van der Waals surface area (Å²) in [6, 6.07) is 6.24. The highest BCUT2D eigenvalue weighted by Gasteiger charge is 2.08. The van der Waals surface area contributed by atoms with Crippen LogP contribution in [-0.4, -0.2) is 36.6 Å². The monoisotopic (exact) mass is 239 g/mol. The molecule has 1 aromatic rings. The van der Waals surface area contributed by atoms with Gasteiger partial charge in [-0.05, 0) is 38.1 Å². The zero-order chi connectivity index (χ0) is 12.8. The van der Waals surface area contributed by atoms with E-state index < -0.39 is 6.10 Å². The number of benzene rings is 1. The largest absolute Gasteiger partial charge is 0.491 e. The van der Waals surface area contributed by atoms with Crippen LogP contribution in [0.4, 0.5) is 0 Å². The van der Waals surface area contributed by atoms with Gasteiger partial charge in [-0.1, -0.05) is 12.1 Å². The molecule has 1 rings (SSSR count). The normalized spacial score (nSPS) is 14.4. The maximum absolute atomic E-state index is 9.21. The predicted octanol–water partition coefficient (Wildman–Crippen LogP) is 1.01. The molecule has 2 unspecified atom stereocenters. The second-order valence-electron chi connectivity index (χ2n) is 4.18. The van der Waals surface area contributed by atoms with Gasteiger partial charge in [0.25, 0.3) is 0 Å². The summed E-state index contributed by atoms with van der Waals surface area (Å²) in [6.07, 6.45) is -0.828. The second kappa shape index (κ2) is 6.59. The smallest absolute Gasteiger partial charge is 0.122 e. The first kappa shape index (κ1) is 14.0. The van der Waals surface area contributed by atoms with Gasteiger partial charge in [-0.2, -0.15) is 0 Å². The van der Waals surface area contributed by atoms with E-state index in [1.54, 1.807) is 0 Å². The van der Waals surface area contributed by atoms with Crippen molar-refractivity contribution >= 4 is 0 Å². The second-order valence-corrected chi connectivity index (χ2v) is 4.18. The van der Waals surface area contributed by atoms with E-state index in [0.717, 1.165) is 11.3 Å². The van der Waals surface area contributed by atoms with E-state index in [-0.39, 0.29) is 13.2 Å². The van der Waals surface area contributed by atoms with Gasteiger partial charge in [0.05, 0.1) is 6.61 Å². The van der Waals surface area contributed by atoms with Crippen molar-refractivity contribution in [2.75, 3.05) is 20.3 Å². The topological polar surface area (TPSA) is 61.7 Å². The molecule has 3 N–H and O–H groups in total. The van der Waals surface area contributed by atoms with Crippen LogP contribution in [0.3, 0.4) is 0 Å². The third-order valence-corrected chi connectivity index (χ3v) is 2.77. The number of hydrogen-bond acceptors (Lipinski definition) is 4. The quantitative estimate of drug-likeness (QED) is 0.693. The van der Waals surface area contributed by atoms with Crippen molar-refractivity contribution in [3.63, 3.8) is 0 Å². The molecule has 0 aliphatic rings. The minimum absolute atomic E-state index is 0.109. The zero-order valence-electron chi connectivity index (χ0n) is 10.6. The Morgan fingerprint density at radius 1 is 1.41 bits per heavy atom. The van der Waals surface area contributed by atoms with Crippen LogP contribution in [0.2, 0.25) is 0 Å². The van der Waals surface area contributed by atoms with Crippen molar-refractivity contribution < 1.29 is 14.9 Å². The fraction of sp³-hybridized carbons (Fsp3) is 0.538. The molecule has 0 radical (unpaired) electrons. The van der Waals surface area contributed by atoms with Crippen LogP contribution in [0, 0.1) is 6.92 Å². The van der Waals surface area contributed by atoms with Crippen LogP contribution in [0.25, 0.3) is 0 Å². The van der Waals surface area contributed by atoms with Gasteiger partial charge >= 0.3 is 0 Å². The van der Waals surface area contributed by atoms with Crippen LogP contribution in [0.15, 0.2) is 18.2 Å². The SMILES string of the molecule is CNC(C)c1ccc(OCC(O)CO)c(C)c1. The van der Waals surface area contributed by atoms with Crippen LogP contribution in [0.1, 0.15) is 24.1 Å². The Bertz CT molecular complexity index is 355. The van der Waals surface area contributed by atoms with Crippen LogP contribution in [-0.2, 0) is 0 Å². The van der Waals surface area contributed by atoms with E-state index in [2.05, 4.69) is 18.3 Å². The number of aliphatic hydroxyl groups is 2. The summed E-state index contributed by atoms with van der Waals surface area (Å²) >= 11 is 0. The summed E-state index contributed by atoms with van der Waals surface area (Å²) in [7, 11) is 1.92. The molecule has 0 aromatic heterocycles. The van der Waals surface area contributed by atoms with Gasteiger partial charge in [0.15, 0.2) is 0 Å². The highest BCUT2D eigenvalue weighted by molar-refractivity contribution is 5.37. The molecule has 0 saturated carbocycles. The van der Waals surface area contributed by atoms with Crippen molar-refractivity contribution in [1.29, 1.82) is 0 Å². The fourth-order valence-corrected chi connectivity index (χ4v) is 1.51. The van der Waals surface area contributed by atoms with Gasteiger partial charge in [-0.3, -0.25) is 0 Å². The van der Waals surface area contributed by atoms with Gasteiger partial charge < -0.3 is 20.3 Å². The average Bonchev–Trinajstić information content (AvgIpc) is 2.35. The molecule has 1 aromatic carbocycles. The molecule has 0 heterocycles. The Hall–Kier alpha value is -1.10. The first-order chi connectivity index (χ1) is 8.08. The Morgan fingerprint density at radius 3 is 2.65 bits per heavy atom. The maximum Gasteiger partial charge on any atom is 0.122 e. The number of nitrogens with one attached hydrogen (secondary N) is 1. The van der Waals surface area contributed by atoms with Crippen molar-refractivity contribution in [1.82, 2.24) is 5.32 Å². The molecule has 0 aliphatic carbocycles. The maximum atomic E-state index is 9.21. The summed E-state index contributed by atoms with van der Waals surface area (Å²) < 4.78 is 5.43. The molecular formula is C13H21NO3. The van der Waals surface area contributed by atoms with E-state index in [4.69, 9.17) is 9.84 Å². The Balaban J connectivity index is 2.69. The predicted molar refractivity (Wildman–Crippen MR) is 67.2 cm³/mol. The first-order valence-electron chi connectivity index (χ1n) is 5.78. The third-order valence-electron chi connectivity index (χ3n) is 2.77. The van der Waals surface area contributed by atoms with E-state index in [0.29, 0.717) is 6.04 Å². The Kier molecular flexibility index (Phi) is 5.41. The lowest BCUT2D eigenvalue weighted by molar-refractivity contribution is 0.0534. The van der Waals surface area contributed by atoms with E-state index >= 15 is 0 Å². The number of hydrogen-bond donors (Lipinski definition) is 3. The number of aliphatic hydroxyl groups excluding tert-OH is 2. The fourth-order valence-electron chi connectivity index (χ4n) is 1.51. The van der Waals surface area contributed by atoms with Gasteiger partial charge in [-0.15, -0.1) is 0 Å². The summed E-state index contributed by atoms with van der Waals surface area (Å²) in [5.41, 5.74) is 2.22.